The molecule has 0 aliphatic carbocycles. The first-order chi connectivity index (χ1) is 8.24. The van der Waals surface area contributed by atoms with Gasteiger partial charge in [-0.15, -0.1) is 0 Å². The average Bonchev–Trinajstić information content (AvgIpc) is 2.77. The summed E-state index contributed by atoms with van der Waals surface area (Å²) in [7, 11) is 0. The number of anilines is 1. The number of hydrogen-bond donors (Lipinski definition) is 1. The van der Waals surface area contributed by atoms with Crippen LogP contribution in [0.15, 0.2) is 24.5 Å². The fourth-order valence-corrected chi connectivity index (χ4v) is 2.33. The minimum atomic E-state index is 0.100. The zero-order valence-electron chi connectivity index (χ0n) is 10.4. The molecule has 0 unspecified atom stereocenters. The number of pyridine rings is 1. The zero-order valence-corrected chi connectivity index (χ0v) is 10.4. The van der Waals surface area contributed by atoms with E-state index in [1.165, 1.54) is 0 Å². The molecule has 2 heterocycles. The second-order valence-corrected chi connectivity index (χ2v) is 4.53. The summed E-state index contributed by atoms with van der Waals surface area (Å²) >= 11 is 0. The van der Waals surface area contributed by atoms with E-state index in [0.29, 0.717) is 12.5 Å². The van der Waals surface area contributed by atoms with Crippen molar-refractivity contribution < 1.29 is 4.79 Å². The van der Waals surface area contributed by atoms with Crippen molar-refractivity contribution in [3.63, 3.8) is 0 Å². The van der Waals surface area contributed by atoms with Crippen molar-refractivity contribution >= 4 is 11.6 Å². The van der Waals surface area contributed by atoms with Gasteiger partial charge in [-0.05, 0) is 31.5 Å². The molecule has 0 aromatic carbocycles. The van der Waals surface area contributed by atoms with Crippen LogP contribution in [-0.2, 0) is 4.79 Å². The predicted molar refractivity (Wildman–Crippen MR) is 67.8 cm³/mol. The van der Waals surface area contributed by atoms with Crippen LogP contribution in [0, 0.1) is 11.8 Å². The summed E-state index contributed by atoms with van der Waals surface area (Å²) in [6, 6.07) is 3.77. The molecule has 1 aromatic rings. The highest BCUT2D eigenvalue weighted by Crippen LogP contribution is 2.22. The molecule has 4 nitrogen and oxygen atoms in total. The van der Waals surface area contributed by atoms with E-state index < -0.39 is 0 Å². The predicted octanol–water partition coefficient (Wildman–Crippen LogP) is 1.29. The van der Waals surface area contributed by atoms with E-state index in [4.69, 9.17) is 0 Å². The largest absolute Gasteiger partial charge is 0.316 e. The second-order valence-electron chi connectivity index (χ2n) is 4.53. The fraction of sp³-hybridized carbons (Fsp3) is 0.538. The van der Waals surface area contributed by atoms with Crippen LogP contribution in [0.25, 0.3) is 0 Å². The average molecular weight is 233 g/mol. The summed E-state index contributed by atoms with van der Waals surface area (Å²) in [6.07, 6.45) is 3.45. The summed E-state index contributed by atoms with van der Waals surface area (Å²) in [5.74, 6) is 0.734. The molecule has 1 aliphatic heterocycles. The SMILES string of the molecule is CCN(C(=O)[C@@H]1CNC[C@H]1C)c1ccncc1. The lowest BCUT2D eigenvalue weighted by atomic mass is 9.96. The summed E-state index contributed by atoms with van der Waals surface area (Å²) in [5.41, 5.74) is 0.937. The van der Waals surface area contributed by atoms with Crippen LogP contribution in [-0.4, -0.2) is 30.5 Å². The van der Waals surface area contributed by atoms with E-state index in [-0.39, 0.29) is 11.8 Å². The van der Waals surface area contributed by atoms with Crippen LogP contribution >= 0.6 is 0 Å². The first kappa shape index (κ1) is 12.0. The van der Waals surface area contributed by atoms with Crippen molar-refractivity contribution in [3.05, 3.63) is 24.5 Å². The Hall–Kier alpha value is -1.42. The molecular weight excluding hydrogens is 214 g/mol. The fourth-order valence-electron chi connectivity index (χ4n) is 2.33. The van der Waals surface area contributed by atoms with Gasteiger partial charge in [0.2, 0.25) is 5.91 Å². The lowest BCUT2D eigenvalue weighted by molar-refractivity contribution is -0.122. The minimum Gasteiger partial charge on any atom is -0.316 e. The first-order valence-corrected chi connectivity index (χ1v) is 6.16. The molecule has 2 atom stereocenters. The van der Waals surface area contributed by atoms with Crippen LogP contribution in [0.3, 0.4) is 0 Å². The van der Waals surface area contributed by atoms with Crippen molar-refractivity contribution in [1.82, 2.24) is 10.3 Å². The highest BCUT2D eigenvalue weighted by molar-refractivity contribution is 5.95. The van der Waals surface area contributed by atoms with Gasteiger partial charge in [0.15, 0.2) is 0 Å². The van der Waals surface area contributed by atoms with Crippen molar-refractivity contribution in [1.29, 1.82) is 0 Å². The summed E-state index contributed by atoms with van der Waals surface area (Å²) in [5, 5.41) is 3.27. The summed E-state index contributed by atoms with van der Waals surface area (Å²) < 4.78 is 0. The number of carbonyl (C=O) groups is 1. The molecule has 1 aromatic heterocycles. The maximum absolute atomic E-state index is 12.5. The molecule has 1 N–H and O–H groups in total. The standard InChI is InChI=1S/C13H19N3O/c1-3-16(11-4-6-14-7-5-11)13(17)12-9-15-8-10(12)2/h4-7,10,12,15H,3,8-9H2,1-2H3/t10-,12-/m1/s1. The van der Waals surface area contributed by atoms with Gasteiger partial charge in [0.1, 0.15) is 0 Å². The molecule has 0 bridgehead atoms. The van der Waals surface area contributed by atoms with Gasteiger partial charge >= 0.3 is 0 Å². The molecular formula is C13H19N3O. The highest BCUT2D eigenvalue weighted by atomic mass is 16.2. The van der Waals surface area contributed by atoms with Gasteiger partial charge in [-0.25, -0.2) is 0 Å². The van der Waals surface area contributed by atoms with Crippen molar-refractivity contribution in [3.8, 4) is 0 Å². The molecule has 92 valence electrons. The van der Waals surface area contributed by atoms with Crippen LogP contribution in [0.1, 0.15) is 13.8 Å². The maximum atomic E-state index is 12.5. The molecule has 0 radical (unpaired) electrons. The van der Waals surface area contributed by atoms with Crippen molar-refractivity contribution in [2.45, 2.75) is 13.8 Å². The van der Waals surface area contributed by atoms with Gasteiger partial charge < -0.3 is 10.2 Å². The number of carbonyl (C=O) groups excluding carboxylic acids is 1. The van der Waals surface area contributed by atoms with E-state index in [1.54, 1.807) is 12.4 Å². The number of hydrogen-bond acceptors (Lipinski definition) is 3. The molecule has 17 heavy (non-hydrogen) atoms. The Morgan fingerprint density at radius 1 is 1.47 bits per heavy atom. The van der Waals surface area contributed by atoms with E-state index in [0.717, 1.165) is 18.8 Å². The number of nitrogens with one attached hydrogen (secondary N) is 1. The Bertz CT molecular complexity index is 380. The number of amides is 1. The molecule has 0 saturated carbocycles. The molecule has 1 fully saturated rings. The molecule has 0 spiro atoms. The Morgan fingerprint density at radius 3 is 2.71 bits per heavy atom. The van der Waals surface area contributed by atoms with Crippen molar-refractivity contribution in [2.24, 2.45) is 11.8 Å². The van der Waals surface area contributed by atoms with Gasteiger partial charge in [-0.2, -0.15) is 0 Å². The summed E-state index contributed by atoms with van der Waals surface area (Å²) in [6.45, 7) is 6.56. The molecule has 1 amide bonds. The third kappa shape index (κ3) is 2.47. The van der Waals surface area contributed by atoms with Crippen LogP contribution in [0.4, 0.5) is 5.69 Å². The van der Waals surface area contributed by atoms with Gasteiger partial charge in [0.05, 0.1) is 5.92 Å². The summed E-state index contributed by atoms with van der Waals surface area (Å²) in [4.78, 5) is 18.3. The lowest BCUT2D eigenvalue weighted by Crippen LogP contribution is -2.38. The van der Waals surface area contributed by atoms with E-state index in [9.17, 15) is 4.79 Å². The van der Waals surface area contributed by atoms with Gasteiger partial charge in [0.25, 0.3) is 0 Å². The molecule has 1 saturated heterocycles. The normalized spacial score (nSPS) is 23.6. The number of rotatable bonds is 3. The Kier molecular flexibility index (Phi) is 3.74. The first-order valence-electron chi connectivity index (χ1n) is 6.16. The Labute approximate surface area is 102 Å². The maximum Gasteiger partial charge on any atom is 0.231 e. The van der Waals surface area contributed by atoms with Crippen molar-refractivity contribution in [2.75, 3.05) is 24.5 Å². The topological polar surface area (TPSA) is 45.2 Å². The smallest absolute Gasteiger partial charge is 0.231 e. The zero-order chi connectivity index (χ0) is 12.3. The number of aromatic nitrogens is 1. The van der Waals surface area contributed by atoms with Gasteiger partial charge in [-0.3, -0.25) is 9.78 Å². The Balaban J connectivity index is 2.16. The van der Waals surface area contributed by atoms with Crippen LogP contribution in [0.2, 0.25) is 0 Å². The number of nitrogens with zero attached hydrogens (tertiary/aromatic N) is 2. The monoisotopic (exact) mass is 233 g/mol. The van der Waals surface area contributed by atoms with E-state index in [2.05, 4.69) is 17.2 Å². The highest BCUT2D eigenvalue weighted by Gasteiger charge is 2.32. The van der Waals surface area contributed by atoms with Gasteiger partial charge in [0, 0.05) is 31.2 Å². The third-order valence-corrected chi connectivity index (χ3v) is 3.39. The lowest BCUT2D eigenvalue weighted by Gasteiger charge is -2.25. The van der Waals surface area contributed by atoms with E-state index >= 15 is 0 Å². The molecule has 4 heteroatoms. The minimum absolute atomic E-state index is 0.100. The third-order valence-electron chi connectivity index (χ3n) is 3.39. The second kappa shape index (κ2) is 5.27. The molecule has 2 rings (SSSR count). The van der Waals surface area contributed by atoms with Crippen LogP contribution < -0.4 is 10.2 Å². The quantitative estimate of drug-likeness (QED) is 0.855. The van der Waals surface area contributed by atoms with Crippen LogP contribution in [0.5, 0.6) is 0 Å². The van der Waals surface area contributed by atoms with Gasteiger partial charge in [-0.1, -0.05) is 6.92 Å². The molecule has 1 aliphatic rings. The Morgan fingerprint density at radius 2 is 2.18 bits per heavy atom. The van der Waals surface area contributed by atoms with E-state index in [1.807, 2.05) is 24.0 Å².